The highest BCUT2D eigenvalue weighted by molar-refractivity contribution is 5.79. The molecule has 0 aromatic heterocycles. The molecule has 1 atom stereocenters. The number of nitrogens with one attached hydrogen (secondary N) is 1. The van der Waals surface area contributed by atoms with Gasteiger partial charge in [0.15, 0.2) is 0 Å². The number of likely N-dealkylation sites (N-methyl/N-ethyl adjacent to an activating group) is 1. The molecule has 0 aliphatic carbocycles. The van der Waals surface area contributed by atoms with Crippen molar-refractivity contribution in [1.29, 1.82) is 0 Å². The second-order valence-corrected chi connectivity index (χ2v) is 7.05. The molecule has 1 aliphatic rings. The SMILES string of the molecule is CN(CC1CCCNC1)C(=O)Cc1ccccc1OCc1ccccc1. The molecular formula is C22H28N2O2. The van der Waals surface area contributed by atoms with E-state index in [1.165, 1.54) is 12.8 Å². The number of piperidine rings is 1. The standard InChI is InChI=1S/C22H28N2O2/c1-24(16-19-10-7-13-23-15-19)22(25)14-20-11-5-6-12-21(20)26-17-18-8-3-2-4-9-18/h2-6,8-9,11-12,19,23H,7,10,13-17H2,1H3. The molecule has 1 N–H and O–H groups in total. The number of benzene rings is 2. The van der Waals surface area contributed by atoms with Crippen LogP contribution in [0.25, 0.3) is 0 Å². The molecule has 4 nitrogen and oxygen atoms in total. The normalized spacial score (nSPS) is 16.9. The largest absolute Gasteiger partial charge is 0.489 e. The Labute approximate surface area is 156 Å². The molecule has 0 radical (unpaired) electrons. The van der Waals surface area contributed by atoms with Crippen LogP contribution in [0.1, 0.15) is 24.0 Å². The van der Waals surface area contributed by atoms with Crippen molar-refractivity contribution in [2.24, 2.45) is 5.92 Å². The first-order valence-corrected chi connectivity index (χ1v) is 9.41. The molecule has 1 aliphatic heterocycles. The summed E-state index contributed by atoms with van der Waals surface area (Å²) in [6.07, 6.45) is 2.77. The third-order valence-electron chi connectivity index (χ3n) is 4.91. The molecule has 1 heterocycles. The average Bonchev–Trinajstić information content (AvgIpc) is 2.69. The van der Waals surface area contributed by atoms with Gasteiger partial charge in [-0.3, -0.25) is 4.79 Å². The van der Waals surface area contributed by atoms with Gasteiger partial charge in [0, 0.05) is 19.2 Å². The van der Waals surface area contributed by atoms with Gasteiger partial charge in [-0.05, 0) is 43.5 Å². The van der Waals surface area contributed by atoms with Crippen LogP contribution >= 0.6 is 0 Å². The predicted molar refractivity (Wildman–Crippen MR) is 104 cm³/mol. The van der Waals surface area contributed by atoms with E-state index in [4.69, 9.17) is 4.74 Å². The fourth-order valence-corrected chi connectivity index (χ4v) is 3.39. The van der Waals surface area contributed by atoms with Crippen molar-refractivity contribution in [3.05, 3.63) is 65.7 Å². The first-order valence-electron chi connectivity index (χ1n) is 9.41. The zero-order chi connectivity index (χ0) is 18.2. The minimum absolute atomic E-state index is 0.145. The van der Waals surface area contributed by atoms with Gasteiger partial charge in [0.05, 0.1) is 6.42 Å². The van der Waals surface area contributed by atoms with Crippen LogP contribution < -0.4 is 10.1 Å². The summed E-state index contributed by atoms with van der Waals surface area (Å²) in [5.74, 6) is 1.49. The van der Waals surface area contributed by atoms with E-state index in [2.05, 4.69) is 5.32 Å². The Bertz CT molecular complexity index is 696. The number of carbonyl (C=O) groups excluding carboxylic acids is 1. The average molecular weight is 352 g/mol. The Kier molecular flexibility index (Phi) is 6.67. The summed E-state index contributed by atoms with van der Waals surface area (Å²) in [5.41, 5.74) is 2.07. The molecule has 0 bridgehead atoms. The fourth-order valence-electron chi connectivity index (χ4n) is 3.39. The monoisotopic (exact) mass is 352 g/mol. The Morgan fingerprint density at radius 2 is 1.92 bits per heavy atom. The molecule has 2 aromatic rings. The number of rotatable bonds is 7. The maximum absolute atomic E-state index is 12.7. The van der Waals surface area contributed by atoms with Gasteiger partial charge in [0.25, 0.3) is 0 Å². The van der Waals surface area contributed by atoms with E-state index in [0.29, 0.717) is 18.9 Å². The second-order valence-electron chi connectivity index (χ2n) is 7.05. The molecule has 0 spiro atoms. The Hall–Kier alpha value is -2.33. The lowest BCUT2D eigenvalue weighted by Gasteiger charge is -2.28. The maximum Gasteiger partial charge on any atom is 0.226 e. The van der Waals surface area contributed by atoms with E-state index in [1.54, 1.807) is 0 Å². The number of nitrogens with zero attached hydrogens (tertiary/aromatic N) is 1. The van der Waals surface area contributed by atoms with Crippen LogP contribution in [-0.4, -0.2) is 37.5 Å². The number of hydrogen-bond acceptors (Lipinski definition) is 3. The Morgan fingerprint density at radius 3 is 2.69 bits per heavy atom. The minimum atomic E-state index is 0.145. The maximum atomic E-state index is 12.7. The fraction of sp³-hybridized carbons (Fsp3) is 0.409. The molecule has 0 saturated carbocycles. The molecule has 1 saturated heterocycles. The number of amides is 1. The summed E-state index contributed by atoms with van der Waals surface area (Å²) in [7, 11) is 1.91. The van der Waals surface area contributed by atoms with Crippen LogP contribution in [0.2, 0.25) is 0 Å². The summed E-state index contributed by atoms with van der Waals surface area (Å²) in [6, 6.07) is 17.9. The van der Waals surface area contributed by atoms with Gasteiger partial charge in [0.2, 0.25) is 5.91 Å². The molecule has 138 valence electrons. The number of para-hydroxylation sites is 1. The minimum Gasteiger partial charge on any atom is -0.489 e. The number of hydrogen-bond donors (Lipinski definition) is 1. The lowest BCUT2D eigenvalue weighted by molar-refractivity contribution is -0.129. The summed E-state index contributed by atoms with van der Waals surface area (Å²) in [5, 5.41) is 3.41. The van der Waals surface area contributed by atoms with Gasteiger partial charge >= 0.3 is 0 Å². The van der Waals surface area contributed by atoms with Gasteiger partial charge in [0.1, 0.15) is 12.4 Å². The van der Waals surface area contributed by atoms with Crippen LogP contribution in [-0.2, 0) is 17.8 Å². The molecule has 4 heteroatoms. The lowest BCUT2D eigenvalue weighted by Crippen LogP contribution is -2.39. The van der Waals surface area contributed by atoms with Crippen molar-refractivity contribution in [1.82, 2.24) is 10.2 Å². The van der Waals surface area contributed by atoms with Gasteiger partial charge in [-0.15, -0.1) is 0 Å². The van der Waals surface area contributed by atoms with Crippen LogP contribution in [0.5, 0.6) is 5.75 Å². The van der Waals surface area contributed by atoms with Gasteiger partial charge < -0.3 is 15.0 Å². The van der Waals surface area contributed by atoms with Crippen LogP contribution in [0.3, 0.4) is 0 Å². The highest BCUT2D eigenvalue weighted by Gasteiger charge is 2.19. The second kappa shape index (κ2) is 9.39. The van der Waals surface area contributed by atoms with Crippen molar-refractivity contribution in [3.8, 4) is 5.75 Å². The first-order chi connectivity index (χ1) is 12.7. The Balaban J connectivity index is 1.57. The van der Waals surface area contributed by atoms with Crippen molar-refractivity contribution >= 4 is 5.91 Å². The summed E-state index contributed by atoms with van der Waals surface area (Å²) >= 11 is 0. The van der Waals surface area contributed by atoms with Gasteiger partial charge in [-0.25, -0.2) is 0 Å². The lowest BCUT2D eigenvalue weighted by atomic mass is 9.99. The zero-order valence-electron chi connectivity index (χ0n) is 15.5. The van der Waals surface area contributed by atoms with Crippen molar-refractivity contribution in [3.63, 3.8) is 0 Å². The topological polar surface area (TPSA) is 41.6 Å². The van der Waals surface area contributed by atoms with E-state index in [-0.39, 0.29) is 5.91 Å². The van der Waals surface area contributed by atoms with Gasteiger partial charge in [-0.1, -0.05) is 48.5 Å². The zero-order valence-corrected chi connectivity index (χ0v) is 15.5. The molecule has 2 aromatic carbocycles. The summed E-state index contributed by atoms with van der Waals surface area (Å²) < 4.78 is 5.97. The quantitative estimate of drug-likeness (QED) is 0.832. The van der Waals surface area contributed by atoms with Crippen molar-refractivity contribution in [2.75, 3.05) is 26.7 Å². The molecular weight excluding hydrogens is 324 g/mol. The summed E-state index contributed by atoms with van der Waals surface area (Å²) in [4.78, 5) is 14.5. The molecule has 1 amide bonds. The molecule has 1 unspecified atom stereocenters. The van der Waals surface area contributed by atoms with Gasteiger partial charge in [-0.2, -0.15) is 0 Å². The molecule has 1 fully saturated rings. The Morgan fingerprint density at radius 1 is 1.15 bits per heavy atom. The number of ether oxygens (including phenoxy) is 1. The van der Waals surface area contributed by atoms with E-state index in [9.17, 15) is 4.79 Å². The van der Waals surface area contributed by atoms with E-state index in [0.717, 1.165) is 36.5 Å². The molecule has 3 rings (SSSR count). The van der Waals surface area contributed by atoms with E-state index in [1.807, 2.05) is 66.5 Å². The van der Waals surface area contributed by atoms with E-state index < -0.39 is 0 Å². The third-order valence-corrected chi connectivity index (χ3v) is 4.91. The van der Waals surface area contributed by atoms with Crippen LogP contribution in [0.15, 0.2) is 54.6 Å². The smallest absolute Gasteiger partial charge is 0.226 e. The highest BCUT2D eigenvalue weighted by Crippen LogP contribution is 2.21. The van der Waals surface area contributed by atoms with Crippen LogP contribution in [0, 0.1) is 5.92 Å². The first kappa shape index (κ1) is 18.5. The number of carbonyl (C=O) groups is 1. The van der Waals surface area contributed by atoms with E-state index >= 15 is 0 Å². The molecule has 26 heavy (non-hydrogen) atoms. The van der Waals surface area contributed by atoms with Crippen molar-refractivity contribution in [2.45, 2.75) is 25.9 Å². The van der Waals surface area contributed by atoms with Crippen LogP contribution in [0.4, 0.5) is 0 Å². The summed E-state index contributed by atoms with van der Waals surface area (Å²) in [6.45, 7) is 3.43. The van der Waals surface area contributed by atoms with Crippen molar-refractivity contribution < 1.29 is 9.53 Å². The third kappa shape index (κ3) is 5.33. The highest BCUT2D eigenvalue weighted by atomic mass is 16.5. The predicted octanol–water partition coefficient (Wildman–Crippen LogP) is 3.27.